The van der Waals surface area contributed by atoms with Crippen LogP contribution in [0, 0.1) is 5.41 Å². The number of benzene rings is 1. The summed E-state index contributed by atoms with van der Waals surface area (Å²) in [5, 5.41) is 3.46. The predicted octanol–water partition coefficient (Wildman–Crippen LogP) is 3.20. The SMILES string of the molecule is CCOc1ccc(Cl)cc1NC(=O)CC1(CN)CCC1. The number of hydrogen-bond acceptors (Lipinski definition) is 3. The van der Waals surface area contributed by atoms with Crippen molar-refractivity contribution in [3.63, 3.8) is 0 Å². The van der Waals surface area contributed by atoms with E-state index in [-0.39, 0.29) is 11.3 Å². The van der Waals surface area contributed by atoms with E-state index in [2.05, 4.69) is 5.32 Å². The number of amides is 1. The maximum absolute atomic E-state index is 12.2. The van der Waals surface area contributed by atoms with Gasteiger partial charge in [0.15, 0.2) is 0 Å². The van der Waals surface area contributed by atoms with Gasteiger partial charge in [0.2, 0.25) is 5.91 Å². The molecule has 0 aromatic heterocycles. The second kappa shape index (κ2) is 6.46. The Balaban J connectivity index is 2.05. The lowest BCUT2D eigenvalue weighted by Gasteiger charge is -2.40. The van der Waals surface area contributed by atoms with Crippen LogP contribution in [0.15, 0.2) is 18.2 Å². The van der Waals surface area contributed by atoms with Crippen LogP contribution in [0.1, 0.15) is 32.6 Å². The molecule has 0 saturated heterocycles. The summed E-state index contributed by atoms with van der Waals surface area (Å²) < 4.78 is 5.49. The lowest BCUT2D eigenvalue weighted by atomic mass is 9.66. The first-order chi connectivity index (χ1) is 9.58. The second-order valence-electron chi connectivity index (χ2n) is 5.36. The van der Waals surface area contributed by atoms with Crippen LogP contribution in [0.3, 0.4) is 0 Å². The van der Waals surface area contributed by atoms with Crippen molar-refractivity contribution in [1.29, 1.82) is 0 Å². The van der Waals surface area contributed by atoms with Crippen LogP contribution in [0.2, 0.25) is 5.02 Å². The molecule has 1 saturated carbocycles. The molecule has 0 unspecified atom stereocenters. The van der Waals surface area contributed by atoms with Crippen molar-refractivity contribution in [3.05, 3.63) is 23.2 Å². The Morgan fingerprint density at radius 2 is 2.25 bits per heavy atom. The standard InChI is InChI=1S/C15H21ClN2O2/c1-2-20-13-5-4-11(16)8-12(13)18-14(19)9-15(10-17)6-3-7-15/h4-5,8H,2-3,6-7,9-10,17H2,1H3,(H,18,19). The van der Waals surface area contributed by atoms with Crippen LogP contribution in [0.25, 0.3) is 0 Å². The summed E-state index contributed by atoms with van der Waals surface area (Å²) in [6.45, 7) is 3.00. The third-order valence-corrected chi connectivity index (χ3v) is 4.13. The van der Waals surface area contributed by atoms with E-state index in [1.54, 1.807) is 18.2 Å². The molecule has 1 fully saturated rings. The van der Waals surface area contributed by atoms with Gasteiger partial charge in [0.1, 0.15) is 5.75 Å². The molecule has 110 valence electrons. The minimum atomic E-state index is -0.0293. The Bertz CT molecular complexity index is 481. The molecule has 1 aliphatic rings. The average Bonchev–Trinajstić information content (AvgIpc) is 2.37. The first-order valence-electron chi connectivity index (χ1n) is 7.01. The Labute approximate surface area is 124 Å². The quantitative estimate of drug-likeness (QED) is 0.847. The maximum atomic E-state index is 12.2. The van der Waals surface area contributed by atoms with Crippen molar-refractivity contribution in [3.8, 4) is 5.75 Å². The minimum Gasteiger partial charge on any atom is -0.492 e. The number of carbonyl (C=O) groups excluding carboxylic acids is 1. The smallest absolute Gasteiger partial charge is 0.225 e. The molecule has 1 aliphatic carbocycles. The zero-order valence-electron chi connectivity index (χ0n) is 11.7. The Kier molecular flexibility index (Phi) is 4.89. The average molecular weight is 297 g/mol. The lowest BCUT2D eigenvalue weighted by Crippen LogP contribution is -2.40. The van der Waals surface area contributed by atoms with Gasteiger partial charge in [-0.25, -0.2) is 0 Å². The number of carbonyl (C=O) groups is 1. The van der Waals surface area contributed by atoms with Crippen molar-refractivity contribution in [2.75, 3.05) is 18.5 Å². The van der Waals surface area contributed by atoms with E-state index in [1.807, 2.05) is 6.92 Å². The summed E-state index contributed by atoms with van der Waals surface area (Å²) in [5.41, 5.74) is 6.40. The Morgan fingerprint density at radius 3 is 2.80 bits per heavy atom. The number of rotatable bonds is 6. The summed E-state index contributed by atoms with van der Waals surface area (Å²) in [4.78, 5) is 12.2. The molecule has 0 heterocycles. The largest absolute Gasteiger partial charge is 0.492 e. The second-order valence-corrected chi connectivity index (χ2v) is 5.79. The zero-order chi connectivity index (χ0) is 14.6. The molecule has 1 aromatic rings. The summed E-state index contributed by atoms with van der Waals surface area (Å²) in [7, 11) is 0. The van der Waals surface area contributed by atoms with Crippen molar-refractivity contribution in [2.45, 2.75) is 32.6 Å². The van der Waals surface area contributed by atoms with Gasteiger partial charge in [-0.05, 0) is 49.9 Å². The van der Waals surface area contributed by atoms with Crippen molar-refractivity contribution < 1.29 is 9.53 Å². The molecule has 3 N–H and O–H groups in total. The summed E-state index contributed by atoms with van der Waals surface area (Å²) in [6, 6.07) is 5.22. The van der Waals surface area contributed by atoms with Gasteiger partial charge in [-0.15, -0.1) is 0 Å². The maximum Gasteiger partial charge on any atom is 0.225 e. The Hall–Kier alpha value is -1.26. The Morgan fingerprint density at radius 1 is 1.50 bits per heavy atom. The molecule has 20 heavy (non-hydrogen) atoms. The van der Waals surface area contributed by atoms with Gasteiger partial charge in [0.25, 0.3) is 0 Å². The first-order valence-corrected chi connectivity index (χ1v) is 7.39. The van der Waals surface area contributed by atoms with Gasteiger partial charge >= 0.3 is 0 Å². The number of nitrogens with two attached hydrogens (primary N) is 1. The molecule has 1 amide bonds. The van der Waals surface area contributed by atoms with Gasteiger partial charge in [-0.1, -0.05) is 18.0 Å². The van der Waals surface area contributed by atoms with E-state index in [9.17, 15) is 4.79 Å². The molecular weight excluding hydrogens is 276 g/mol. The third-order valence-electron chi connectivity index (χ3n) is 3.90. The number of ether oxygens (including phenoxy) is 1. The van der Waals surface area contributed by atoms with Crippen LogP contribution in [-0.2, 0) is 4.79 Å². The van der Waals surface area contributed by atoms with Crippen LogP contribution in [0.4, 0.5) is 5.69 Å². The van der Waals surface area contributed by atoms with Crippen LogP contribution in [0.5, 0.6) is 5.75 Å². The van der Waals surface area contributed by atoms with Gasteiger partial charge in [0.05, 0.1) is 12.3 Å². The summed E-state index contributed by atoms with van der Waals surface area (Å²) in [5.74, 6) is 0.610. The van der Waals surface area contributed by atoms with E-state index >= 15 is 0 Å². The summed E-state index contributed by atoms with van der Waals surface area (Å²) in [6.07, 6.45) is 3.68. The monoisotopic (exact) mass is 296 g/mol. The highest BCUT2D eigenvalue weighted by molar-refractivity contribution is 6.31. The molecule has 0 atom stereocenters. The van der Waals surface area contributed by atoms with Crippen LogP contribution in [-0.4, -0.2) is 19.1 Å². The van der Waals surface area contributed by atoms with E-state index in [4.69, 9.17) is 22.1 Å². The third kappa shape index (κ3) is 3.44. The van der Waals surface area contributed by atoms with E-state index < -0.39 is 0 Å². The van der Waals surface area contributed by atoms with Crippen LogP contribution >= 0.6 is 11.6 Å². The topological polar surface area (TPSA) is 64.3 Å². The minimum absolute atomic E-state index is 0.00552. The lowest BCUT2D eigenvalue weighted by molar-refractivity contribution is -0.119. The van der Waals surface area contributed by atoms with E-state index in [1.165, 1.54) is 0 Å². The molecule has 0 bridgehead atoms. The van der Waals surface area contributed by atoms with Crippen molar-refractivity contribution in [2.24, 2.45) is 11.1 Å². The highest BCUT2D eigenvalue weighted by Crippen LogP contribution is 2.43. The first kappa shape index (κ1) is 15.1. The molecule has 0 radical (unpaired) electrons. The van der Waals surface area contributed by atoms with Gasteiger partial charge in [-0.2, -0.15) is 0 Å². The van der Waals surface area contributed by atoms with Gasteiger partial charge < -0.3 is 15.8 Å². The van der Waals surface area contributed by atoms with E-state index in [0.29, 0.717) is 36.0 Å². The fraction of sp³-hybridized carbons (Fsp3) is 0.533. The fourth-order valence-electron chi connectivity index (χ4n) is 2.55. The normalized spacial score (nSPS) is 16.4. The van der Waals surface area contributed by atoms with Gasteiger partial charge in [-0.3, -0.25) is 4.79 Å². The number of nitrogens with one attached hydrogen (secondary N) is 1. The molecule has 0 spiro atoms. The van der Waals surface area contributed by atoms with Crippen LogP contribution < -0.4 is 15.8 Å². The van der Waals surface area contributed by atoms with Gasteiger partial charge in [0, 0.05) is 11.4 Å². The molecule has 4 nitrogen and oxygen atoms in total. The number of hydrogen-bond donors (Lipinski definition) is 2. The molecule has 5 heteroatoms. The summed E-state index contributed by atoms with van der Waals surface area (Å²) >= 11 is 5.97. The molecule has 1 aromatic carbocycles. The predicted molar refractivity (Wildman–Crippen MR) is 81.2 cm³/mol. The zero-order valence-corrected chi connectivity index (χ0v) is 12.5. The molecule has 0 aliphatic heterocycles. The number of halogens is 1. The number of anilines is 1. The van der Waals surface area contributed by atoms with Crippen molar-refractivity contribution >= 4 is 23.2 Å². The van der Waals surface area contributed by atoms with E-state index in [0.717, 1.165) is 19.3 Å². The highest BCUT2D eigenvalue weighted by atomic mass is 35.5. The fourth-order valence-corrected chi connectivity index (χ4v) is 2.72. The van der Waals surface area contributed by atoms with Crippen molar-refractivity contribution in [1.82, 2.24) is 0 Å². The molecule has 2 rings (SSSR count). The molecular formula is C15H21ClN2O2. The highest BCUT2D eigenvalue weighted by Gasteiger charge is 2.37.